The molecule has 4 aliphatic heterocycles. The van der Waals surface area contributed by atoms with Gasteiger partial charge in [-0.1, -0.05) is 45.9 Å². The third-order valence-electron chi connectivity index (χ3n) is 11.5. The number of benzene rings is 3. The Balaban J connectivity index is 1.59. The normalized spacial score (nSPS) is 30.1. The number of hydrogen-bond donors (Lipinski definition) is 4. The fourth-order valence-electron chi connectivity index (χ4n) is 7.91. The molecule has 314 valence electrons. The molecule has 7 rings (SSSR count). The van der Waals surface area contributed by atoms with Crippen molar-refractivity contribution in [2.45, 2.75) is 85.6 Å². The van der Waals surface area contributed by atoms with E-state index in [1.165, 1.54) is 60.3 Å². The summed E-state index contributed by atoms with van der Waals surface area (Å²) in [6.45, 7) is 12.6. The molecule has 15 nitrogen and oxygen atoms in total. The first-order valence-corrected chi connectivity index (χ1v) is 19.3. The summed E-state index contributed by atoms with van der Waals surface area (Å²) in [5.74, 6) is -6.82. The molecule has 1 aliphatic carbocycles. The summed E-state index contributed by atoms with van der Waals surface area (Å²) in [6, 6.07) is 4.82. The second kappa shape index (κ2) is 16.5. The number of aliphatic hydroxyl groups excluding tert-OH is 2. The highest BCUT2D eigenvalue weighted by atomic mass is 16.7. The van der Waals surface area contributed by atoms with Crippen molar-refractivity contribution < 1.29 is 57.8 Å². The summed E-state index contributed by atoms with van der Waals surface area (Å²) in [4.78, 5) is 60.1. The van der Waals surface area contributed by atoms with Crippen LogP contribution in [0.1, 0.15) is 64.4 Å². The summed E-state index contributed by atoms with van der Waals surface area (Å²) in [7, 11) is 2.91. The van der Waals surface area contributed by atoms with E-state index >= 15 is 0 Å². The number of ether oxygens (including phenoxy) is 5. The predicted molar refractivity (Wildman–Crippen MR) is 217 cm³/mol. The van der Waals surface area contributed by atoms with E-state index in [0.717, 1.165) is 0 Å². The number of rotatable bonds is 3. The molecule has 5 bridgehead atoms. The molecule has 59 heavy (non-hydrogen) atoms. The van der Waals surface area contributed by atoms with Crippen LogP contribution in [0.25, 0.3) is 33.3 Å². The number of aromatic hydroxyl groups is 1. The Labute approximate surface area is 340 Å². The van der Waals surface area contributed by atoms with Crippen molar-refractivity contribution in [2.75, 3.05) is 19.5 Å². The molecular formula is C44H50N2O13. The van der Waals surface area contributed by atoms with Crippen molar-refractivity contribution in [3.05, 3.63) is 75.7 Å². The van der Waals surface area contributed by atoms with Crippen LogP contribution in [0.3, 0.4) is 0 Å². The lowest BCUT2D eigenvalue weighted by Crippen LogP contribution is -2.46. The maximum absolute atomic E-state index is 14.6. The van der Waals surface area contributed by atoms with Gasteiger partial charge in [0.15, 0.2) is 11.3 Å². The average molecular weight is 815 g/mol. The van der Waals surface area contributed by atoms with Crippen LogP contribution in [0.5, 0.6) is 17.2 Å². The lowest BCUT2D eigenvalue weighted by molar-refractivity contribution is -0.160. The SMILES string of the molecule is COc1ccc2nc3c4c5c6c(C)c(O)c4c(=O)c(c-3oc2c1)NC(=O)/C(C)=C\C=C\[C@H](C)[C@H](O)[C@@H](C)[C@@H](O)[C@@H](C)[C@H](OC(C)=O)[C@H](C)[C@@H](OC)/C=C/O[C@@](C)(O6)C5=O. The molecular weight excluding hydrogens is 764 g/mol. The number of amides is 1. The van der Waals surface area contributed by atoms with E-state index < -0.39 is 82.7 Å². The number of methoxy groups -OCH3 is 2. The quantitative estimate of drug-likeness (QED) is 0.107. The first-order valence-electron chi connectivity index (χ1n) is 19.3. The van der Waals surface area contributed by atoms with Crippen molar-refractivity contribution in [1.82, 2.24) is 4.98 Å². The number of phenols is 1. The number of allylic oxidation sites excluding steroid dienone is 2. The predicted octanol–water partition coefficient (Wildman–Crippen LogP) is 5.96. The number of nitrogens with one attached hydrogen (secondary N) is 1. The number of nitrogens with zero attached hydrogens (tertiary/aromatic N) is 1. The Hall–Kier alpha value is -5.77. The minimum atomic E-state index is -2.03. The number of carbonyl (C=O) groups is 3. The number of anilines is 1. The zero-order valence-electron chi connectivity index (χ0n) is 34.6. The second-order valence-corrected chi connectivity index (χ2v) is 15.6. The van der Waals surface area contributed by atoms with Crippen molar-refractivity contribution in [3.63, 3.8) is 0 Å². The van der Waals surface area contributed by atoms with Gasteiger partial charge in [0.25, 0.3) is 11.7 Å². The zero-order chi connectivity index (χ0) is 43.2. The van der Waals surface area contributed by atoms with Gasteiger partial charge in [0.2, 0.25) is 5.43 Å². The monoisotopic (exact) mass is 814 g/mol. The molecule has 0 aromatic heterocycles. The number of aliphatic hydroxyl groups is 2. The first-order chi connectivity index (χ1) is 27.8. The molecule has 4 N–H and O–H groups in total. The van der Waals surface area contributed by atoms with Crippen LogP contribution in [0.15, 0.2) is 63.6 Å². The molecule has 5 aliphatic rings. The van der Waals surface area contributed by atoms with Gasteiger partial charge in [-0.25, -0.2) is 4.98 Å². The number of fused-ring (bicyclic) bond motifs is 14. The molecule has 1 amide bonds. The Bertz CT molecular complexity index is 2450. The minimum Gasteiger partial charge on any atom is -0.507 e. The van der Waals surface area contributed by atoms with E-state index in [4.69, 9.17) is 33.1 Å². The molecule has 0 unspecified atom stereocenters. The van der Waals surface area contributed by atoms with Crippen molar-refractivity contribution in [1.29, 1.82) is 0 Å². The summed E-state index contributed by atoms with van der Waals surface area (Å²) >= 11 is 0. The average Bonchev–Trinajstić information content (AvgIpc) is 3.47. The third-order valence-corrected chi connectivity index (χ3v) is 11.5. The van der Waals surface area contributed by atoms with Crippen LogP contribution in [0.4, 0.5) is 5.69 Å². The maximum Gasteiger partial charge on any atom is 0.312 e. The number of ketones is 1. The molecule has 0 saturated heterocycles. The van der Waals surface area contributed by atoms with Crippen LogP contribution in [-0.2, 0) is 23.8 Å². The fourth-order valence-corrected chi connectivity index (χ4v) is 7.91. The van der Waals surface area contributed by atoms with Gasteiger partial charge in [0.1, 0.15) is 40.3 Å². The molecule has 9 atom stereocenters. The van der Waals surface area contributed by atoms with Gasteiger partial charge in [-0.3, -0.25) is 19.2 Å². The number of Topliss-reactive ketones (excluding diaryl/α,β-unsaturated/α-hetero) is 1. The van der Waals surface area contributed by atoms with Crippen molar-refractivity contribution in [2.24, 2.45) is 23.7 Å². The molecule has 0 spiro atoms. The Morgan fingerprint density at radius 2 is 1.68 bits per heavy atom. The standard InChI is InChI=1S/C44H50N2O13/c1-19-12-11-13-20(2)43(53)46-34-38(51)31-30(33-41(34)58-29-18-26(54-9)14-15-27(29)45-33)32-40(24(6)37(31)50)59-44(8,42(32)52)56-17-16-28(55-10)21(3)39(57-25(7)47)23(5)36(49)22(4)35(19)48/h11-19,21-23,28,35-36,39,48-50H,1-10H3,(H,46,53)/b12-11+,17-16+,20-13-/t19-,21+,22+,23+,28-,35-,36+,39+,44-/m0/s1. The van der Waals surface area contributed by atoms with Crippen molar-refractivity contribution >= 4 is 45.2 Å². The van der Waals surface area contributed by atoms with Crippen LogP contribution >= 0.6 is 0 Å². The van der Waals surface area contributed by atoms with Gasteiger partial charge in [-0.05, 0) is 32.1 Å². The van der Waals surface area contributed by atoms with Gasteiger partial charge in [-0.2, -0.15) is 0 Å². The third kappa shape index (κ3) is 7.65. The molecule has 0 saturated carbocycles. The topological polar surface area (TPSA) is 213 Å². The van der Waals surface area contributed by atoms with Gasteiger partial charge >= 0.3 is 11.8 Å². The Kier molecular flexibility index (Phi) is 12.0. The van der Waals surface area contributed by atoms with Gasteiger partial charge in [0, 0.05) is 67.2 Å². The van der Waals surface area contributed by atoms with Crippen LogP contribution in [-0.4, -0.2) is 82.4 Å². The minimum absolute atomic E-state index is 0.0233. The highest BCUT2D eigenvalue weighted by molar-refractivity contribution is 6.22. The first kappa shape index (κ1) is 42.8. The fraction of sp³-hybridized carbons (Fsp3) is 0.432. The van der Waals surface area contributed by atoms with Gasteiger partial charge in [-0.15, -0.1) is 0 Å². The van der Waals surface area contributed by atoms with Gasteiger partial charge in [0.05, 0.1) is 42.6 Å². The zero-order valence-corrected chi connectivity index (χ0v) is 34.6. The number of hydrogen-bond acceptors (Lipinski definition) is 14. The molecule has 15 heteroatoms. The molecule has 2 aromatic rings. The van der Waals surface area contributed by atoms with E-state index in [9.17, 15) is 34.5 Å². The van der Waals surface area contributed by atoms with Gasteiger partial charge < -0.3 is 48.7 Å². The van der Waals surface area contributed by atoms with E-state index in [1.807, 2.05) is 0 Å². The van der Waals surface area contributed by atoms with E-state index in [-0.39, 0.29) is 55.9 Å². The molecule has 2 aromatic carbocycles. The molecule has 0 fully saturated rings. The molecule has 0 radical (unpaired) electrons. The smallest absolute Gasteiger partial charge is 0.312 e. The summed E-state index contributed by atoms with van der Waals surface area (Å²) in [5, 5.41) is 36.8. The highest BCUT2D eigenvalue weighted by Crippen LogP contribution is 2.50. The van der Waals surface area contributed by atoms with E-state index in [2.05, 4.69) is 5.32 Å². The maximum atomic E-state index is 14.6. The summed E-state index contributed by atoms with van der Waals surface area (Å²) < 4.78 is 35.4. The summed E-state index contributed by atoms with van der Waals surface area (Å²) in [5.41, 5.74) is -0.584. The number of esters is 1. The number of carbonyl (C=O) groups excluding carboxylic acids is 3. The summed E-state index contributed by atoms with van der Waals surface area (Å²) in [6.07, 6.45) is 3.57. The Morgan fingerprint density at radius 3 is 2.34 bits per heavy atom. The van der Waals surface area contributed by atoms with Crippen LogP contribution < -0.4 is 20.2 Å². The Morgan fingerprint density at radius 1 is 0.966 bits per heavy atom. The van der Waals surface area contributed by atoms with E-state index in [0.29, 0.717) is 11.3 Å². The second-order valence-electron chi connectivity index (χ2n) is 15.6. The number of phenolic OH excluding ortho intramolecular Hbond substituents is 1. The molecule has 4 heterocycles. The van der Waals surface area contributed by atoms with Crippen molar-refractivity contribution in [3.8, 4) is 28.7 Å². The largest absolute Gasteiger partial charge is 0.507 e. The lowest BCUT2D eigenvalue weighted by atomic mass is 9.78. The lowest BCUT2D eigenvalue weighted by Gasteiger charge is -2.38. The van der Waals surface area contributed by atoms with Crippen LogP contribution in [0, 0.1) is 30.6 Å². The van der Waals surface area contributed by atoms with E-state index in [1.54, 1.807) is 58.0 Å². The number of aromatic nitrogens is 1. The van der Waals surface area contributed by atoms with Crippen LogP contribution in [0.2, 0.25) is 0 Å². The highest BCUT2D eigenvalue weighted by Gasteiger charge is 2.50.